The van der Waals surface area contributed by atoms with Crippen LogP contribution < -0.4 is 0 Å². The van der Waals surface area contributed by atoms with Crippen molar-refractivity contribution in [1.82, 2.24) is 0 Å². The van der Waals surface area contributed by atoms with E-state index in [9.17, 15) is 0 Å². The SMILES string of the molecule is CC(C)(C)C#N.CC(C)(C)C#N.C[C-]=O.C[C-]=O.[Cl][Pd+].[Cl][Pd+]. The van der Waals surface area contributed by atoms with Gasteiger partial charge in [0.25, 0.3) is 0 Å². The first-order valence-electron chi connectivity index (χ1n) is 5.59. The van der Waals surface area contributed by atoms with Crippen molar-refractivity contribution in [2.24, 2.45) is 10.8 Å². The monoisotopic (exact) mass is 534 g/mol. The Morgan fingerprint density at radius 3 is 0.773 bits per heavy atom. The van der Waals surface area contributed by atoms with Crippen molar-refractivity contribution in [3.05, 3.63) is 0 Å². The molecular formula is C14H24Cl2N2O2Pd2. The first kappa shape index (κ1) is 38.0. The Morgan fingerprint density at radius 2 is 0.773 bits per heavy atom. The van der Waals surface area contributed by atoms with Gasteiger partial charge in [0.15, 0.2) is 0 Å². The topological polar surface area (TPSA) is 81.7 Å². The maximum absolute atomic E-state index is 8.68. The van der Waals surface area contributed by atoms with Crippen LogP contribution in [0.4, 0.5) is 0 Å². The fraction of sp³-hybridized carbons (Fsp3) is 0.714. The second kappa shape index (κ2) is 33.0. The van der Waals surface area contributed by atoms with Crippen LogP contribution in [0.15, 0.2) is 0 Å². The van der Waals surface area contributed by atoms with E-state index in [0.29, 0.717) is 0 Å². The summed E-state index contributed by atoms with van der Waals surface area (Å²) in [5.74, 6) is 0. The number of hydrogen-bond donors (Lipinski definition) is 0. The van der Waals surface area contributed by atoms with Crippen LogP contribution >= 0.6 is 19.1 Å². The molecule has 0 aliphatic carbocycles. The molecule has 0 saturated carbocycles. The van der Waals surface area contributed by atoms with E-state index in [4.69, 9.17) is 20.1 Å². The van der Waals surface area contributed by atoms with E-state index < -0.39 is 0 Å². The van der Waals surface area contributed by atoms with Gasteiger partial charge in [-0.05, 0) is 41.5 Å². The first-order chi connectivity index (χ1) is 9.95. The molecule has 0 bridgehead atoms. The normalized spacial score (nSPS) is 7.45. The molecule has 0 aromatic rings. The number of halogens is 2. The Kier molecular flexibility index (Phi) is 57.0. The first-order valence-corrected chi connectivity index (χ1v) is 9.60. The molecule has 22 heavy (non-hydrogen) atoms. The summed E-state index contributed by atoms with van der Waals surface area (Å²) < 4.78 is 0. The molecule has 0 aliphatic rings. The van der Waals surface area contributed by atoms with Gasteiger partial charge in [0, 0.05) is 10.8 Å². The fourth-order valence-corrected chi connectivity index (χ4v) is 0. The van der Waals surface area contributed by atoms with E-state index in [-0.39, 0.29) is 10.8 Å². The molecule has 0 amide bonds. The molecule has 0 rings (SSSR count). The van der Waals surface area contributed by atoms with Gasteiger partial charge in [-0.1, -0.05) is 0 Å². The summed E-state index contributed by atoms with van der Waals surface area (Å²) in [6.45, 7) is 13.9. The van der Waals surface area contributed by atoms with Gasteiger partial charge in [0.1, 0.15) is 0 Å². The maximum atomic E-state index is 8.68. The van der Waals surface area contributed by atoms with Crippen LogP contribution in [0.2, 0.25) is 0 Å². The Labute approximate surface area is 165 Å². The van der Waals surface area contributed by atoms with Crippen LogP contribution in [0, 0.1) is 33.5 Å². The molecule has 0 atom stereocenters. The summed E-state index contributed by atoms with van der Waals surface area (Å²) in [4.78, 5) is 17.4. The summed E-state index contributed by atoms with van der Waals surface area (Å²) in [5.41, 5.74) is -0.306. The Hall–Kier alpha value is 0.225. The predicted octanol–water partition coefficient (Wildman–Crippen LogP) is 4.72. The molecule has 0 radical (unpaired) electrons. The van der Waals surface area contributed by atoms with Gasteiger partial charge in [-0.25, -0.2) is 0 Å². The third kappa shape index (κ3) is 193. The minimum atomic E-state index is -0.153. The van der Waals surface area contributed by atoms with E-state index in [2.05, 4.69) is 67.6 Å². The standard InChI is InChI=1S/2C5H9N.2C2H3O.2ClH.2Pd/c2*1-5(2,3)4-6;2*1-2-3;;;;/h2*1-3H3;2*1H3;2*1H;;/q;;2*-1;;;2*+2/p-2. The van der Waals surface area contributed by atoms with Gasteiger partial charge in [-0.3, -0.25) is 12.6 Å². The van der Waals surface area contributed by atoms with E-state index in [1.807, 2.05) is 41.5 Å². The summed E-state index contributed by atoms with van der Waals surface area (Å²) >= 11 is 4.44. The molecule has 136 valence electrons. The van der Waals surface area contributed by atoms with Crippen molar-refractivity contribution in [3.8, 4) is 12.1 Å². The van der Waals surface area contributed by atoms with Crippen LogP contribution in [0.3, 0.4) is 0 Å². The Bertz CT molecular complexity index is 259. The molecule has 0 N–H and O–H groups in total. The number of nitrogens with zero attached hydrogens (tertiary/aromatic N) is 2. The van der Waals surface area contributed by atoms with Crippen molar-refractivity contribution in [3.63, 3.8) is 0 Å². The third-order valence-corrected chi connectivity index (χ3v) is 0.671. The van der Waals surface area contributed by atoms with E-state index in [0.717, 1.165) is 0 Å². The van der Waals surface area contributed by atoms with Crippen molar-refractivity contribution >= 4 is 31.6 Å². The Balaban J connectivity index is -0.0000000374. The van der Waals surface area contributed by atoms with Crippen LogP contribution in [0.5, 0.6) is 0 Å². The molecule has 0 saturated heterocycles. The molecule has 0 spiro atoms. The van der Waals surface area contributed by atoms with Gasteiger partial charge in [0.2, 0.25) is 0 Å². The number of rotatable bonds is 0. The quantitative estimate of drug-likeness (QED) is 0.332. The molecule has 4 nitrogen and oxygen atoms in total. The second-order valence-electron chi connectivity index (χ2n) is 5.13. The predicted molar refractivity (Wildman–Crippen MR) is 84.6 cm³/mol. The number of carbonyl (C=O) groups excluding carboxylic acids is 2. The summed E-state index contributed by atoms with van der Waals surface area (Å²) in [5, 5.41) is 16.3. The molecule has 0 heterocycles. The molecule has 0 aromatic heterocycles. The van der Waals surface area contributed by atoms with Crippen molar-refractivity contribution in [2.45, 2.75) is 55.4 Å². The molecule has 0 aromatic carbocycles. The zero-order valence-electron chi connectivity index (χ0n) is 14.1. The van der Waals surface area contributed by atoms with Crippen molar-refractivity contribution in [2.75, 3.05) is 0 Å². The van der Waals surface area contributed by atoms with Crippen LogP contribution in [0.1, 0.15) is 55.4 Å². The molecular weight excluding hydrogens is 512 g/mol. The minimum absolute atomic E-state index is 0.153. The van der Waals surface area contributed by atoms with Gasteiger partial charge in [-0.2, -0.15) is 24.4 Å². The molecule has 0 unspecified atom stereocenters. The van der Waals surface area contributed by atoms with E-state index in [1.54, 1.807) is 0 Å². The van der Waals surface area contributed by atoms with Crippen molar-refractivity contribution in [1.29, 1.82) is 10.5 Å². The van der Waals surface area contributed by atoms with E-state index >= 15 is 0 Å². The molecule has 0 aliphatic heterocycles. The average Bonchev–Trinajstić information content (AvgIpc) is 2.44. The number of hydrogen-bond acceptors (Lipinski definition) is 4. The molecule has 0 fully saturated rings. The van der Waals surface area contributed by atoms with Gasteiger partial charge >= 0.3 is 55.4 Å². The number of nitriles is 2. The zero-order chi connectivity index (χ0) is 19.8. The van der Waals surface area contributed by atoms with Gasteiger partial charge < -0.3 is 9.59 Å². The zero-order valence-corrected chi connectivity index (χ0v) is 18.7. The summed E-state index contributed by atoms with van der Waals surface area (Å²) in [6.07, 6.45) is 3.00. The summed E-state index contributed by atoms with van der Waals surface area (Å²) in [6, 6.07) is 4.21. The second-order valence-corrected chi connectivity index (χ2v) is 5.13. The Morgan fingerprint density at radius 1 is 0.727 bits per heavy atom. The van der Waals surface area contributed by atoms with E-state index in [1.165, 1.54) is 26.4 Å². The van der Waals surface area contributed by atoms with Crippen LogP contribution in [0.25, 0.3) is 0 Å². The van der Waals surface area contributed by atoms with Crippen LogP contribution in [-0.4, -0.2) is 12.6 Å². The summed E-state index contributed by atoms with van der Waals surface area (Å²) in [7, 11) is 8.98. The third-order valence-electron chi connectivity index (χ3n) is 0.671. The van der Waals surface area contributed by atoms with Gasteiger partial charge in [0.05, 0.1) is 12.1 Å². The van der Waals surface area contributed by atoms with Crippen molar-refractivity contribution < 1.29 is 46.0 Å². The fourth-order valence-electron chi connectivity index (χ4n) is 0. The molecule has 8 heteroatoms. The average molecular weight is 536 g/mol. The van der Waals surface area contributed by atoms with Crippen LogP contribution in [-0.2, 0) is 46.0 Å². The van der Waals surface area contributed by atoms with Gasteiger partial charge in [-0.15, -0.1) is 0 Å².